The maximum atomic E-state index is 11.9. The molecule has 1 aromatic rings. The fourth-order valence-electron chi connectivity index (χ4n) is 3.91. The molecule has 1 aromatic carbocycles. The van der Waals surface area contributed by atoms with Crippen molar-refractivity contribution < 1.29 is 19.0 Å². The van der Waals surface area contributed by atoms with Gasteiger partial charge in [0.05, 0.1) is 19.6 Å². The largest absolute Gasteiger partial charge is 0.497 e. The zero-order valence-corrected chi connectivity index (χ0v) is 14.5. The fourth-order valence-corrected chi connectivity index (χ4v) is 3.91. The third-order valence-electron chi connectivity index (χ3n) is 5.30. The van der Waals surface area contributed by atoms with Gasteiger partial charge in [0.15, 0.2) is 0 Å². The Balaban J connectivity index is 1.64. The second-order valence-corrected chi connectivity index (χ2v) is 6.77. The van der Waals surface area contributed by atoms with E-state index in [4.69, 9.17) is 19.9 Å². The van der Waals surface area contributed by atoms with E-state index in [1.54, 1.807) is 7.11 Å². The van der Waals surface area contributed by atoms with Gasteiger partial charge < -0.3 is 19.9 Å². The van der Waals surface area contributed by atoms with Gasteiger partial charge in [-0.25, -0.2) is 0 Å². The van der Waals surface area contributed by atoms with Gasteiger partial charge in [-0.05, 0) is 44.6 Å². The number of ether oxygens (including phenoxy) is 3. The molecule has 0 spiro atoms. The minimum absolute atomic E-state index is 0.00700. The van der Waals surface area contributed by atoms with Crippen LogP contribution in [0.15, 0.2) is 18.2 Å². The first-order chi connectivity index (χ1) is 11.6. The molecule has 1 aliphatic carbocycles. The fraction of sp³-hybridized carbons (Fsp3) is 0.632. The summed E-state index contributed by atoms with van der Waals surface area (Å²) < 4.78 is 16.7. The standard InChI is InChI=1S/C19H27NO4/c1-3-23-19(21)13-6-4-12(5-7-13)17-11-16(20)15-9-8-14(22-2)10-18(15)24-17/h8-10,12-13,16-17H,3-7,11,20H2,1-2H3/t12-,13-,16-,17-/m0/s1. The number of nitrogens with two attached hydrogens (primary N) is 1. The second kappa shape index (κ2) is 7.43. The van der Waals surface area contributed by atoms with E-state index in [0.717, 1.165) is 49.2 Å². The summed E-state index contributed by atoms with van der Waals surface area (Å²) in [6.45, 7) is 2.31. The monoisotopic (exact) mass is 333 g/mol. The number of benzene rings is 1. The van der Waals surface area contributed by atoms with Gasteiger partial charge in [0.1, 0.15) is 17.6 Å². The lowest BCUT2D eigenvalue weighted by Gasteiger charge is -2.38. The van der Waals surface area contributed by atoms with Crippen LogP contribution < -0.4 is 15.2 Å². The minimum atomic E-state index is -0.0488. The average Bonchev–Trinajstić information content (AvgIpc) is 2.61. The molecule has 1 fully saturated rings. The molecule has 1 heterocycles. The summed E-state index contributed by atoms with van der Waals surface area (Å²) in [4.78, 5) is 11.9. The Bertz CT molecular complexity index is 581. The Morgan fingerprint density at radius 1 is 1.29 bits per heavy atom. The van der Waals surface area contributed by atoms with Crippen LogP contribution in [0.25, 0.3) is 0 Å². The summed E-state index contributed by atoms with van der Waals surface area (Å²) in [7, 11) is 1.65. The third kappa shape index (κ3) is 3.51. The SMILES string of the molecule is CCOC(=O)[C@H]1CC[C@H]([C@@H]2C[C@H](N)c3ccc(OC)cc3O2)CC1. The molecule has 1 saturated carbocycles. The molecule has 0 aromatic heterocycles. The molecule has 0 saturated heterocycles. The molecule has 0 radical (unpaired) electrons. The average molecular weight is 333 g/mol. The van der Waals surface area contributed by atoms with Crippen LogP contribution in [0, 0.1) is 11.8 Å². The summed E-state index contributed by atoms with van der Waals surface area (Å²) in [5.41, 5.74) is 7.40. The molecule has 1 aliphatic heterocycles. The number of carbonyl (C=O) groups excluding carboxylic acids is 1. The predicted molar refractivity (Wildman–Crippen MR) is 91.0 cm³/mol. The number of esters is 1. The Kier molecular flexibility index (Phi) is 5.29. The molecular formula is C19H27NO4. The Labute approximate surface area is 143 Å². The van der Waals surface area contributed by atoms with E-state index in [2.05, 4.69) is 0 Å². The molecule has 2 atom stereocenters. The Hall–Kier alpha value is -1.75. The highest BCUT2D eigenvalue weighted by Crippen LogP contribution is 2.41. The molecule has 2 N–H and O–H groups in total. The third-order valence-corrected chi connectivity index (χ3v) is 5.30. The van der Waals surface area contributed by atoms with Gasteiger partial charge in [-0.1, -0.05) is 6.07 Å². The van der Waals surface area contributed by atoms with E-state index < -0.39 is 0 Å². The molecule has 0 amide bonds. The lowest BCUT2D eigenvalue weighted by molar-refractivity contribution is -0.149. The number of methoxy groups -OCH3 is 1. The number of fused-ring (bicyclic) bond motifs is 1. The van der Waals surface area contributed by atoms with Gasteiger partial charge in [-0.15, -0.1) is 0 Å². The predicted octanol–water partition coefficient (Wildman–Crippen LogP) is 3.22. The highest BCUT2D eigenvalue weighted by molar-refractivity contribution is 5.72. The maximum Gasteiger partial charge on any atom is 0.308 e. The van der Waals surface area contributed by atoms with Crippen LogP contribution in [0.1, 0.15) is 50.6 Å². The van der Waals surface area contributed by atoms with E-state index in [1.165, 1.54) is 0 Å². The van der Waals surface area contributed by atoms with Crippen molar-refractivity contribution in [3.05, 3.63) is 23.8 Å². The van der Waals surface area contributed by atoms with E-state index in [1.807, 2.05) is 25.1 Å². The normalized spacial score (nSPS) is 29.3. The lowest BCUT2D eigenvalue weighted by Crippen LogP contribution is -2.38. The van der Waals surface area contributed by atoms with Crippen molar-refractivity contribution in [2.75, 3.05) is 13.7 Å². The van der Waals surface area contributed by atoms with E-state index in [-0.39, 0.29) is 24.0 Å². The van der Waals surface area contributed by atoms with E-state index in [0.29, 0.717) is 12.5 Å². The van der Waals surface area contributed by atoms with Crippen molar-refractivity contribution in [1.29, 1.82) is 0 Å². The van der Waals surface area contributed by atoms with Crippen LogP contribution in [0.4, 0.5) is 0 Å². The molecular weight excluding hydrogens is 306 g/mol. The summed E-state index contributed by atoms with van der Waals surface area (Å²) in [5.74, 6) is 2.07. The zero-order valence-electron chi connectivity index (χ0n) is 14.5. The van der Waals surface area contributed by atoms with Gasteiger partial charge in [0, 0.05) is 24.1 Å². The molecule has 0 unspecified atom stereocenters. The van der Waals surface area contributed by atoms with Crippen molar-refractivity contribution in [3.63, 3.8) is 0 Å². The van der Waals surface area contributed by atoms with Crippen molar-refractivity contribution in [1.82, 2.24) is 0 Å². The topological polar surface area (TPSA) is 70.8 Å². The van der Waals surface area contributed by atoms with E-state index in [9.17, 15) is 4.79 Å². The first kappa shape index (κ1) is 17.1. The zero-order chi connectivity index (χ0) is 17.1. The van der Waals surface area contributed by atoms with E-state index >= 15 is 0 Å². The lowest BCUT2D eigenvalue weighted by atomic mass is 9.77. The first-order valence-electron chi connectivity index (χ1n) is 8.89. The van der Waals surface area contributed by atoms with Crippen molar-refractivity contribution in [2.45, 2.75) is 51.2 Å². The summed E-state index contributed by atoms with van der Waals surface area (Å²) in [6.07, 6.45) is 4.67. The number of rotatable bonds is 4. The molecule has 0 bridgehead atoms. The Morgan fingerprint density at radius 2 is 2.04 bits per heavy atom. The van der Waals surface area contributed by atoms with Crippen LogP contribution >= 0.6 is 0 Å². The van der Waals surface area contributed by atoms with Gasteiger partial charge >= 0.3 is 5.97 Å². The van der Waals surface area contributed by atoms with Gasteiger partial charge in [-0.2, -0.15) is 0 Å². The Morgan fingerprint density at radius 3 is 2.71 bits per heavy atom. The molecule has 24 heavy (non-hydrogen) atoms. The minimum Gasteiger partial charge on any atom is -0.497 e. The first-order valence-corrected chi connectivity index (χ1v) is 8.89. The smallest absolute Gasteiger partial charge is 0.308 e. The van der Waals surface area contributed by atoms with Gasteiger partial charge in [0.2, 0.25) is 0 Å². The number of carbonyl (C=O) groups is 1. The molecule has 2 aliphatic rings. The van der Waals surface area contributed by atoms with Crippen LogP contribution in [0.5, 0.6) is 11.5 Å². The van der Waals surface area contributed by atoms with Crippen molar-refractivity contribution in [3.8, 4) is 11.5 Å². The van der Waals surface area contributed by atoms with Crippen LogP contribution in [0.2, 0.25) is 0 Å². The van der Waals surface area contributed by atoms with Crippen LogP contribution in [0.3, 0.4) is 0 Å². The highest BCUT2D eigenvalue weighted by Gasteiger charge is 2.36. The summed E-state index contributed by atoms with van der Waals surface area (Å²) >= 11 is 0. The van der Waals surface area contributed by atoms with Gasteiger partial charge in [-0.3, -0.25) is 4.79 Å². The van der Waals surface area contributed by atoms with Crippen molar-refractivity contribution in [2.24, 2.45) is 17.6 Å². The molecule has 5 nitrogen and oxygen atoms in total. The number of hydrogen-bond donors (Lipinski definition) is 1. The number of hydrogen-bond acceptors (Lipinski definition) is 5. The van der Waals surface area contributed by atoms with Crippen LogP contribution in [-0.2, 0) is 9.53 Å². The van der Waals surface area contributed by atoms with Gasteiger partial charge in [0.25, 0.3) is 0 Å². The summed E-state index contributed by atoms with van der Waals surface area (Å²) in [6, 6.07) is 5.83. The molecule has 5 heteroatoms. The maximum absolute atomic E-state index is 11.9. The van der Waals surface area contributed by atoms with Crippen molar-refractivity contribution >= 4 is 5.97 Å². The highest BCUT2D eigenvalue weighted by atomic mass is 16.5. The quantitative estimate of drug-likeness (QED) is 0.857. The second-order valence-electron chi connectivity index (χ2n) is 6.77. The molecule has 132 valence electrons. The van der Waals surface area contributed by atoms with Crippen LogP contribution in [-0.4, -0.2) is 25.8 Å². The summed E-state index contributed by atoms with van der Waals surface area (Å²) in [5, 5.41) is 0. The molecule has 3 rings (SSSR count).